The molecule has 4 nitrogen and oxygen atoms in total. The summed E-state index contributed by atoms with van der Waals surface area (Å²) in [5, 5.41) is 9.26. The Hall–Kier alpha value is -1.06. The van der Waals surface area contributed by atoms with Crippen LogP contribution in [-0.2, 0) is 14.3 Å². The largest absolute Gasteiger partial charge is 0.481 e. The quantitative estimate of drug-likeness (QED) is 0.756. The third-order valence-corrected chi connectivity index (χ3v) is 5.08. The number of carboxylic acid groups (broad SMARTS) is 1. The number of hydrogen-bond donors (Lipinski definition) is 1. The van der Waals surface area contributed by atoms with Gasteiger partial charge in [-0.3, -0.25) is 9.59 Å². The van der Waals surface area contributed by atoms with Crippen molar-refractivity contribution in [3.8, 4) is 0 Å². The number of carboxylic acids is 1. The molecule has 0 aromatic heterocycles. The van der Waals surface area contributed by atoms with Gasteiger partial charge in [-0.05, 0) is 43.9 Å². The van der Waals surface area contributed by atoms with E-state index < -0.39 is 11.4 Å². The van der Waals surface area contributed by atoms with Crippen molar-refractivity contribution in [3.05, 3.63) is 0 Å². The Kier molecular flexibility index (Phi) is 6.24. The molecule has 0 heterocycles. The van der Waals surface area contributed by atoms with E-state index in [0.717, 1.165) is 12.8 Å². The van der Waals surface area contributed by atoms with Gasteiger partial charge in [0, 0.05) is 0 Å². The Morgan fingerprint density at radius 3 is 2.43 bits per heavy atom. The first-order valence-electron chi connectivity index (χ1n) is 8.12. The van der Waals surface area contributed by atoms with Crippen LogP contribution in [0.2, 0.25) is 0 Å². The third-order valence-electron chi connectivity index (χ3n) is 5.08. The van der Waals surface area contributed by atoms with E-state index in [1.54, 1.807) is 13.8 Å². The Balaban J connectivity index is 2.69. The van der Waals surface area contributed by atoms with Crippen molar-refractivity contribution < 1.29 is 19.4 Å². The second-order valence-electron chi connectivity index (χ2n) is 7.25. The molecule has 1 N–H and O–H groups in total. The molecule has 0 aromatic rings. The molecule has 0 aromatic carbocycles. The molecule has 1 saturated carbocycles. The summed E-state index contributed by atoms with van der Waals surface area (Å²) in [5.74, 6) is 0.135. The molecule has 4 unspecified atom stereocenters. The Morgan fingerprint density at radius 1 is 1.33 bits per heavy atom. The molecular formula is C17H30O4. The summed E-state index contributed by atoms with van der Waals surface area (Å²) in [7, 11) is 0. The average molecular weight is 298 g/mol. The molecule has 1 rings (SSSR count). The molecule has 0 radical (unpaired) electrons. The molecule has 122 valence electrons. The molecule has 1 aliphatic rings. The van der Waals surface area contributed by atoms with Gasteiger partial charge in [0.1, 0.15) is 6.10 Å². The number of hydrogen-bond acceptors (Lipinski definition) is 3. The normalized spacial score (nSPS) is 29.0. The lowest BCUT2D eigenvalue weighted by Crippen LogP contribution is -2.38. The fourth-order valence-electron chi connectivity index (χ4n) is 3.13. The molecule has 0 aliphatic heterocycles. The maximum atomic E-state index is 12.2. The smallest absolute Gasteiger partial charge is 0.309 e. The summed E-state index contributed by atoms with van der Waals surface area (Å²) < 4.78 is 5.68. The minimum absolute atomic E-state index is 0.0471. The van der Waals surface area contributed by atoms with E-state index >= 15 is 0 Å². The van der Waals surface area contributed by atoms with E-state index in [0.29, 0.717) is 24.2 Å². The van der Waals surface area contributed by atoms with Gasteiger partial charge in [0.15, 0.2) is 0 Å². The maximum Gasteiger partial charge on any atom is 0.309 e. The van der Waals surface area contributed by atoms with Crippen LogP contribution >= 0.6 is 0 Å². The van der Waals surface area contributed by atoms with Crippen molar-refractivity contribution in [2.24, 2.45) is 23.2 Å². The highest BCUT2D eigenvalue weighted by atomic mass is 16.5. The first-order chi connectivity index (χ1) is 9.69. The zero-order chi connectivity index (χ0) is 16.2. The summed E-state index contributed by atoms with van der Waals surface area (Å²) in [5.41, 5.74) is -1.02. The second-order valence-corrected chi connectivity index (χ2v) is 7.25. The monoisotopic (exact) mass is 298 g/mol. The van der Waals surface area contributed by atoms with Gasteiger partial charge < -0.3 is 9.84 Å². The van der Waals surface area contributed by atoms with Crippen LogP contribution in [0.25, 0.3) is 0 Å². The van der Waals surface area contributed by atoms with Crippen LogP contribution in [0.4, 0.5) is 0 Å². The SMILES string of the molecule is CCC(C)(CC(=O)OC1CC(C)CCC1C(C)C)C(=O)O. The van der Waals surface area contributed by atoms with Crippen molar-refractivity contribution in [2.75, 3.05) is 0 Å². The zero-order valence-corrected chi connectivity index (χ0v) is 14.0. The molecule has 21 heavy (non-hydrogen) atoms. The van der Waals surface area contributed by atoms with Gasteiger partial charge in [0.25, 0.3) is 0 Å². The Morgan fingerprint density at radius 2 is 1.95 bits per heavy atom. The molecule has 1 fully saturated rings. The molecule has 0 bridgehead atoms. The van der Waals surface area contributed by atoms with Crippen LogP contribution in [0.1, 0.15) is 66.7 Å². The average Bonchev–Trinajstić information content (AvgIpc) is 2.37. The fraction of sp³-hybridized carbons (Fsp3) is 0.882. The van der Waals surface area contributed by atoms with Crippen LogP contribution in [-0.4, -0.2) is 23.1 Å². The van der Waals surface area contributed by atoms with Crippen LogP contribution in [0, 0.1) is 23.2 Å². The van der Waals surface area contributed by atoms with Gasteiger partial charge in [-0.2, -0.15) is 0 Å². The first-order valence-corrected chi connectivity index (χ1v) is 8.12. The van der Waals surface area contributed by atoms with Gasteiger partial charge in [0.05, 0.1) is 11.8 Å². The highest BCUT2D eigenvalue weighted by Crippen LogP contribution is 2.36. The Bertz CT molecular complexity index is 377. The lowest BCUT2D eigenvalue weighted by atomic mass is 9.75. The van der Waals surface area contributed by atoms with Crippen LogP contribution in [0.3, 0.4) is 0 Å². The lowest BCUT2D eigenvalue weighted by molar-refractivity contribution is -0.164. The summed E-state index contributed by atoms with van der Waals surface area (Å²) >= 11 is 0. The van der Waals surface area contributed by atoms with E-state index in [1.165, 1.54) is 6.42 Å². The second kappa shape index (κ2) is 7.28. The van der Waals surface area contributed by atoms with Crippen molar-refractivity contribution in [3.63, 3.8) is 0 Å². The van der Waals surface area contributed by atoms with Gasteiger partial charge in [-0.15, -0.1) is 0 Å². The van der Waals surface area contributed by atoms with Gasteiger partial charge >= 0.3 is 11.9 Å². The van der Waals surface area contributed by atoms with E-state index in [4.69, 9.17) is 4.74 Å². The lowest BCUT2D eigenvalue weighted by Gasteiger charge is -2.37. The predicted molar refractivity (Wildman–Crippen MR) is 81.9 cm³/mol. The molecule has 0 amide bonds. The topological polar surface area (TPSA) is 63.6 Å². The van der Waals surface area contributed by atoms with Gasteiger partial charge in [-0.25, -0.2) is 0 Å². The number of carbonyl (C=O) groups excluding carboxylic acids is 1. The summed E-state index contributed by atoms with van der Waals surface area (Å²) in [6.07, 6.45) is 3.47. The summed E-state index contributed by atoms with van der Waals surface area (Å²) in [6.45, 7) is 9.91. The number of esters is 1. The molecular weight excluding hydrogens is 268 g/mol. The predicted octanol–water partition coefficient (Wildman–Crippen LogP) is 3.88. The highest BCUT2D eigenvalue weighted by Gasteiger charge is 2.38. The number of aliphatic carboxylic acids is 1. The summed E-state index contributed by atoms with van der Waals surface area (Å²) in [4.78, 5) is 23.5. The standard InChI is InChI=1S/C17H30O4/c1-6-17(5,16(19)20)10-15(18)21-14-9-12(4)7-8-13(14)11(2)3/h11-14H,6-10H2,1-5H3,(H,19,20). The van der Waals surface area contributed by atoms with Crippen molar-refractivity contribution >= 4 is 11.9 Å². The van der Waals surface area contributed by atoms with E-state index in [9.17, 15) is 14.7 Å². The van der Waals surface area contributed by atoms with Crippen molar-refractivity contribution in [1.29, 1.82) is 0 Å². The van der Waals surface area contributed by atoms with E-state index in [1.807, 2.05) is 0 Å². The van der Waals surface area contributed by atoms with E-state index in [2.05, 4.69) is 20.8 Å². The van der Waals surface area contributed by atoms with Crippen molar-refractivity contribution in [2.45, 2.75) is 72.8 Å². The van der Waals surface area contributed by atoms with E-state index in [-0.39, 0.29) is 18.5 Å². The van der Waals surface area contributed by atoms with Gasteiger partial charge in [-0.1, -0.05) is 34.1 Å². The molecule has 4 heteroatoms. The number of ether oxygens (including phenoxy) is 1. The molecule has 0 saturated heterocycles. The minimum Gasteiger partial charge on any atom is -0.481 e. The van der Waals surface area contributed by atoms with Crippen LogP contribution in [0.5, 0.6) is 0 Å². The molecule has 4 atom stereocenters. The van der Waals surface area contributed by atoms with Crippen LogP contribution < -0.4 is 0 Å². The van der Waals surface area contributed by atoms with Crippen LogP contribution in [0.15, 0.2) is 0 Å². The molecule has 1 aliphatic carbocycles. The van der Waals surface area contributed by atoms with Gasteiger partial charge in [0.2, 0.25) is 0 Å². The fourth-order valence-corrected chi connectivity index (χ4v) is 3.13. The highest BCUT2D eigenvalue weighted by molar-refractivity contribution is 5.81. The van der Waals surface area contributed by atoms with Crippen molar-refractivity contribution in [1.82, 2.24) is 0 Å². The summed E-state index contributed by atoms with van der Waals surface area (Å²) in [6, 6.07) is 0. The number of rotatable bonds is 6. The minimum atomic E-state index is -1.02. The zero-order valence-electron chi connectivity index (χ0n) is 14.0. The molecule has 0 spiro atoms. The third kappa shape index (κ3) is 4.72. The maximum absolute atomic E-state index is 12.2. The number of carbonyl (C=O) groups is 2. The first kappa shape index (κ1) is 18.0. The Labute approximate surface area is 128 Å².